The lowest BCUT2D eigenvalue weighted by Gasteiger charge is -2.35. The highest BCUT2D eigenvalue weighted by atomic mass is 32.1. The number of methoxy groups -OCH3 is 2. The molecule has 1 saturated heterocycles. The third-order valence-corrected chi connectivity index (χ3v) is 6.24. The largest absolute Gasteiger partial charge is 0.493 e. The Morgan fingerprint density at radius 3 is 2.65 bits per heavy atom. The number of benzene rings is 1. The fourth-order valence-electron chi connectivity index (χ4n) is 3.63. The molecular formula is C22H33N5O3S. The van der Waals surface area contributed by atoms with Gasteiger partial charge >= 0.3 is 0 Å². The number of nitrogens with zero attached hydrogens (tertiary/aromatic N) is 3. The van der Waals surface area contributed by atoms with Gasteiger partial charge in [-0.3, -0.25) is 9.89 Å². The summed E-state index contributed by atoms with van der Waals surface area (Å²) in [6.45, 7) is 6.83. The Kier molecular flexibility index (Phi) is 8.93. The van der Waals surface area contributed by atoms with E-state index in [2.05, 4.69) is 44.6 Å². The molecular weight excluding hydrogens is 414 g/mol. The summed E-state index contributed by atoms with van der Waals surface area (Å²) in [7, 11) is 5.11. The van der Waals surface area contributed by atoms with Crippen LogP contribution in [0.15, 0.2) is 29.4 Å². The number of guanidine groups is 1. The molecule has 9 heteroatoms. The van der Waals surface area contributed by atoms with E-state index in [1.165, 1.54) is 10.4 Å². The smallest absolute Gasteiger partial charge is 0.191 e. The molecule has 0 saturated carbocycles. The summed E-state index contributed by atoms with van der Waals surface area (Å²) < 4.78 is 16.5. The Balaban J connectivity index is 1.65. The van der Waals surface area contributed by atoms with E-state index in [4.69, 9.17) is 14.2 Å². The molecule has 2 N–H and O–H groups in total. The number of ether oxygens (including phenoxy) is 3. The molecule has 0 aliphatic carbocycles. The highest BCUT2D eigenvalue weighted by Crippen LogP contribution is 2.32. The maximum Gasteiger partial charge on any atom is 0.191 e. The van der Waals surface area contributed by atoms with E-state index in [1.807, 2.05) is 12.3 Å². The summed E-state index contributed by atoms with van der Waals surface area (Å²) in [5, 5.41) is 8.02. The van der Waals surface area contributed by atoms with Crippen molar-refractivity contribution in [3.63, 3.8) is 0 Å². The first-order valence-corrected chi connectivity index (χ1v) is 11.4. The normalized spacial score (nSPS) is 16.1. The molecule has 1 aromatic carbocycles. The highest BCUT2D eigenvalue weighted by Gasteiger charge is 2.24. The summed E-state index contributed by atoms with van der Waals surface area (Å²) in [5.74, 6) is 2.25. The van der Waals surface area contributed by atoms with Crippen LogP contribution < -0.4 is 20.1 Å². The Hall–Kier alpha value is -2.36. The summed E-state index contributed by atoms with van der Waals surface area (Å²) in [5.41, 5.74) is 1.17. The topological polar surface area (TPSA) is 80.2 Å². The number of aliphatic imine (C=N–C) groups is 1. The first kappa shape index (κ1) is 23.3. The van der Waals surface area contributed by atoms with Crippen molar-refractivity contribution in [2.75, 3.05) is 60.7 Å². The van der Waals surface area contributed by atoms with Crippen LogP contribution in [0.3, 0.4) is 0 Å². The molecule has 1 aromatic heterocycles. The lowest BCUT2D eigenvalue weighted by atomic mass is 10.0. The van der Waals surface area contributed by atoms with Crippen molar-refractivity contribution >= 4 is 17.3 Å². The molecule has 170 valence electrons. The Bertz CT molecular complexity index is 851. The molecule has 8 nitrogen and oxygen atoms in total. The van der Waals surface area contributed by atoms with Crippen LogP contribution in [0, 0.1) is 6.92 Å². The van der Waals surface area contributed by atoms with Crippen LogP contribution in [0.1, 0.15) is 21.5 Å². The number of nitrogens with one attached hydrogen (secondary N) is 2. The zero-order valence-electron chi connectivity index (χ0n) is 18.8. The van der Waals surface area contributed by atoms with Crippen molar-refractivity contribution in [2.24, 2.45) is 4.99 Å². The predicted octanol–water partition coefficient (Wildman–Crippen LogP) is 2.25. The van der Waals surface area contributed by atoms with E-state index in [0.717, 1.165) is 61.7 Å². The van der Waals surface area contributed by atoms with Gasteiger partial charge in [-0.05, 0) is 24.6 Å². The van der Waals surface area contributed by atoms with Crippen molar-refractivity contribution in [2.45, 2.75) is 19.4 Å². The van der Waals surface area contributed by atoms with Crippen molar-refractivity contribution < 1.29 is 14.2 Å². The van der Waals surface area contributed by atoms with Gasteiger partial charge in [0.05, 0.1) is 38.5 Å². The second kappa shape index (κ2) is 11.9. The fraction of sp³-hybridized carbons (Fsp3) is 0.545. The second-order valence-corrected chi connectivity index (χ2v) is 8.59. The molecule has 3 rings (SSSR count). The molecule has 0 radical (unpaired) electrons. The van der Waals surface area contributed by atoms with Crippen molar-refractivity contribution in [1.29, 1.82) is 0 Å². The molecule has 0 spiro atoms. The predicted molar refractivity (Wildman–Crippen MR) is 125 cm³/mol. The van der Waals surface area contributed by atoms with Crippen LogP contribution in [0.4, 0.5) is 0 Å². The number of rotatable bonds is 9. The van der Waals surface area contributed by atoms with Gasteiger partial charge in [-0.15, -0.1) is 11.3 Å². The Morgan fingerprint density at radius 1 is 1.23 bits per heavy atom. The minimum Gasteiger partial charge on any atom is -0.493 e. The molecule has 1 aliphatic heterocycles. The Morgan fingerprint density at radius 2 is 2.00 bits per heavy atom. The van der Waals surface area contributed by atoms with Gasteiger partial charge < -0.3 is 24.8 Å². The monoisotopic (exact) mass is 447 g/mol. The SMILES string of the molecule is CN=C(NCCc1ncc(C)s1)NCC(c1ccc(OC)c(OC)c1)N1CCOCC1. The summed E-state index contributed by atoms with van der Waals surface area (Å²) in [6.07, 6.45) is 2.80. The van der Waals surface area contributed by atoms with Gasteiger partial charge in [0.2, 0.25) is 0 Å². The van der Waals surface area contributed by atoms with E-state index in [0.29, 0.717) is 6.54 Å². The van der Waals surface area contributed by atoms with Crippen LogP contribution in [-0.4, -0.2) is 76.5 Å². The zero-order chi connectivity index (χ0) is 22.1. The first-order chi connectivity index (χ1) is 15.1. The second-order valence-electron chi connectivity index (χ2n) is 7.27. The van der Waals surface area contributed by atoms with Gasteiger partial charge in [0.25, 0.3) is 0 Å². The third kappa shape index (κ3) is 6.56. The van der Waals surface area contributed by atoms with Crippen LogP contribution in [0.5, 0.6) is 11.5 Å². The van der Waals surface area contributed by atoms with Gasteiger partial charge in [0.1, 0.15) is 0 Å². The zero-order valence-corrected chi connectivity index (χ0v) is 19.6. The third-order valence-electron chi connectivity index (χ3n) is 5.27. The van der Waals surface area contributed by atoms with E-state index in [1.54, 1.807) is 32.6 Å². The molecule has 2 heterocycles. The minimum atomic E-state index is 0.156. The fourth-order valence-corrected chi connectivity index (χ4v) is 4.41. The van der Waals surface area contributed by atoms with Gasteiger partial charge in [-0.2, -0.15) is 0 Å². The van der Waals surface area contributed by atoms with E-state index >= 15 is 0 Å². The minimum absolute atomic E-state index is 0.156. The van der Waals surface area contributed by atoms with E-state index in [9.17, 15) is 0 Å². The number of aryl methyl sites for hydroxylation is 1. The van der Waals surface area contributed by atoms with Crippen LogP contribution in [0.2, 0.25) is 0 Å². The van der Waals surface area contributed by atoms with Gasteiger partial charge in [-0.25, -0.2) is 4.98 Å². The first-order valence-electron chi connectivity index (χ1n) is 10.5. The molecule has 0 bridgehead atoms. The van der Waals surface area contributed by atoms with Gasteiger partial charge in [-0.1, -0.05) is 6.07 Å². The molecule has 1 fully saturated rings. The summed E-state index contributed by atoms with van der Waals surface area (Å²) in [6, 6.07) is 6.28. The summed E-state index contributed by atoms with van der Waals surface area (Å²) >= 11 is 1.74. The standard InChI is InChI=1S/C22H33N5O3S/c1-16-14-25-21(31-16)7-8-24-22(23-2)26-15-18(27-9-11-30-12-10-27)17-5-6-19(28-3)20(13-17)29-4/h5-6,13-14,18H,7-12,15H2,1-4H3,(H2,23,24,26). The molecule has 1 atom stereocenters. The molecule has 2 aromatic rings. The number of hydrogen-bond acceptors (Lipinski definition) is 7. The summed E-state index contributed by atoms with van der Waals surface area (Å²) in [4.78, 5) is 12.5. The van der Waals surface area contributed by atoms with Gasteiger partial charge in [0, 0.05) is 50.7 Å². The lowest BCUT2D eigenvalue weighted by Crippen LogP contribution is -2.46. The number of morpholine rings is 1. The molecule has 1 unspecified atom stereocenters. The quantitative estimate of drug-likeness (QED) is 0.451. The number of hydrogen-bond donors (Lipinski definition) is 2. The van der Waals surface area contributed by atoms with Crippen LogP contribution in [0.25, 0.3) is 0 Å². The van der Waals surface area contributed by atoms with Crippen molar-refractivity contribution in [3.8, 4) is 11.5 Å². The van der Waals surface area contributed by atoms with Crippen LogP contribution in [-0.2, 0) is 11.2 Å². The molecule has 0 amide bonds. The Labute approximate surface area is 188 Å². The average molecular weight is 448 g/mol. The van der Waals surface area contributed by atoms with E-state index < -0.39 is 0 Å². The van der Waals surface area contributed by atoms with Gasteiger partial charge in [0.15, 0.2) is 17.5 Å². The lowest BCUT2D eigenvalue weighted by molar-refractivity contribution is 0.0169. The highest BCUT2D eigenvalue weighted by molar-refractivity contribution is 7.11. The number of aromatic nitrogens is 1. The maximum absolute atomic E-state index is 5.56. The number of thiazole rings is 1. The van der Waals surface area contributed by atoms with Crippen molar-refractivity contribution in [1.82, 2.24) is 20.5 Å². The average Bonchev–Trinajstić information content (AvgIpc) is 3.23. The maximum atomic E-state index is 5.56. The van der Waals surface area contributed by atoms with E-state index in [-0.39, 0.29) is 6.04 Å². The van der Waals surface area contributed by atoms with Crippen molar-refractivity contribution in [3.05, 3.63) is 39.8 Å². The van der Waals surface area contributed by atoms with Crippen LogP contribution >= 0.6 is 11.3 Å². The molecule has 31 heavy (non-hydrogen) atoms. The molecule has 1 aliphatic rings.